The Morgan fingerprint density at radius 3 is 2.47 bits per heavy atom. The van der Waals surface area contributed by atoms with Gasteiger partial charge in [-0.25, -0.2) is 0 Å². The van der Waals surface area contributed by atoms with Crippen LogP contribution in [0.3, 0.4) is 0 Å². The predicted molar refractivity (Wildman–Crippen MR) is 71.4 cm³/mol. The molecule has 0 bridgehead atoms. The second kappa shape index (κ2) is 4.86. The Balaban J connectivity index is 1.80. The second-order valence-corrected chi connectivity index (χ2v) is 4.45. The summed E-state index contributed by atoms with van der Waals surface area (Å²) in [6, 6.07) is 16.8. The van der Waals surface area contributed by atoms with Gasteiger partial charge < -0.3 is 9.47 Å². The standard InChI is InChI=1S/C16H14O3/c1-18-13-10-6-5-9-12(13)15-16(19-15)14(17)11-7-3-2-4-8-11/h2-10,15-16H,1H3/t15-,16-/m0/s1. The topological polar surface area (TPSA) is 38.8 Å². The molecule has 2 aromatic rings. The van der Waals surface area contributed by atoms with E-state index in [9.17, 15) is 4.79 Å². The molecule has 19 heavy (non-hydrogen) atoms. The van der Waals surface area contributed by atoms with Gasteiger partial charge in [-0.05, 0) is 6.07 Å². The lowest BCUT2D eigenvalue weighted by Gasteiger charge is -2.04. The van der Waals surface area contributed by atoms with Gasteiger partial charge in [-0.2, -0.15) is 0 Å². The van der Waals surface area contributed by atoms with Gasteiger partial charge in [0.25, 0.3) is 0 Å². The molecule has 3 nitrogen and oxygen atoms in total. The number of methoxy groups -OCH3 is 1. The van der Waals surface area contributed by atoms with Crippen LogP contribution in [0.2, 0.25) is 0 Å². The highest BCUT2D eigenvalue weighted by molar-refractivity contribution is 6.01. The first-order valence-electron chi connectivity index (χ1n) is 6.19. The number of hydrogen-bond donors (Lipinski definition) is 0. The molecule has 3 heteroatoms. The molecule has 0 unspecified atom stereocenters. The zero-order chi connectivity index (χ0) is 13.2. The highest BCUT2D eigenvalue weighted by atomic mass is 16.6. The van der Waals surface area contributed by atoms with Crippen LogP contribution in [-0.4, -0.2) is 19.0 Å². The zero-order valence-corrected chi connectivity index (χ0v) is 10.6. The smallest absolute Gasteiger partial charge is 0.194 e. The number of ether oxygens (including phenoxy) is 2. The molecule has 0 amide bonds. The van der Waals surface area contributed by atoms with Gasteiger partial charge in [0.05, 0.1) is 7.11 Å². The van der Waals surface area contributed by atoms with Gasteiger partial charge in [0.15, 0.2) is 11.9 Å². The number of hydrogen-bond acceptors (Lipinski definition) is 3. The highest BCUT2D eigenvalue weighted by Gasteiger charge is 2.47. The van der Waals surface area contributed by atoms with Crippen molar-refractivity contribution in [2.45, 2.75) is 12.2 Å². The highest BCUT2D eigenvalue weighted by Crippen LogP contribution is 2.44. The number of rotatable bonds is 4. The summed E-state index contributed by atoms with van der Waals surface area (Å²) >= 11 is 0. The van der Waals surface area contributed by atoms with Crippen LogP contribution in [0.25, 0.3) is 0 Å². The van der Waals surface area contributed by atoms with Crippen molar-refractivity contribution in [1.82, 2.24) is 0 Å². The summed E-state index contributed by atoms with van der Waals surface area (Å²) in [6.45, 7) is 0. The number of benzene rings is 2. The fourth-order valence-electron chi connectivity index (χ4n) is 2.22. The Hall–Kier alpha value is -2.13. The van der Waals surface area contributed by atoms with Crippen LogP contribution in [0.15, 0.2) is 54.6 Å². The number of carbonyl (C=O) groups is 1. The first kappa shape index (κ1) is 11.9. The molecule has 1 heterocycles. The van der Waals surface area contributed by atoms with Gasteiger partial charge in [0.2, 0.25) is 0 Å². The molecule has 0 aromatic heterocycles. The van der Waals surface area contributed by atoms with Crippen molar-refractivity contribution in [1.29, 1.82) is 0 Å². The molecule has 1 aliphatic rings. The van der Waals surface area contributed by atoms with Crippen LogP contribution in [0.1, 0.15) is 22.0 Å². The van der Waals surface area contributed by atoms with E-state index in [1.165, 1.54) is 0 Å². The lowest BCUT2D eigenvalue weighted by atomic mass is 10.0. The van der Waals surface area contributed by atoms with Crippen molar-refractivity contribution in [3.05, 3.63) is 65.7 Å². The summed E-state index contributed by atoms with van der Waals surface area (Å²) in [5.74, 6) is 0.785. The molecular weight excluding hydrogens is 240 g/mol. The summed E-state index contributed by atoms with van der Waals surface area (Å²) in [5.41, 5.74) is 1.61. The summed E-state index contributed by atoms with van der Waals surface area (Å²) in [7, 11) is 1.62. The van der Waals surface area contributed by atoms with Crippen molar-refractivity contribution >= 4 is 5.78 Å². The lowest BCUT2D eigenvalue weighted by molar-refractivity contribution is 0.0953. The third-order valence-electron chi connectivity index (χ3n) is 3.25. The molecule has 2 aromatic carbocycles. The van der Waals surface area contributed by atoms with Crippen molar-refractivity contribution in [2.24, 2.45) is 0 Å². The van der Waals surface area contributed by atoms with E-state index in [1.54, 1.807) is 7.11 Å². The van der Waals surface area contributed by atoms with E-state index in [2.05, 4.69) is 0 Å². The number of Topliss-reactive ketones (excluding diaryl/α,β-unsaturated/α-hetero) is 1. The van der Waals surface area contributed by atoms with Crippen LogP contribution in [-0.2, 0) is 4.74 Å². The summed E-state index contributed by atoms with van der Waals surface area (Å²) in [4.78, 5) is 12.2. The Labute approximate surface area is 111 Å². The van der Waals surface area contributed by atoms with Crippen molar-refractivity contribution < 1.29 is 14.3 Å². The molecule has 0 radical (unpaired) electrons. The number of para-hydroxylation sites is 1. The predicted octanol–water partition coefficient (Wildman–Crippen LogP) is 3.02. The SMILES string of the molecule is COc1ccccc1[C@@H]1O[C@H]1C(=O)c1ccccc1. The van der Waals surface area contributed by atoms with Crippen LogP contribution < -0.4 is 4.74 Å². The molecule has 96 valence electrons. The third-order valence-corrected chi connectivity index (χ3v) is 3.25. The van der Waals surface area contributed by atoms with E-state index in [1.807, 2.05) is 54.6 Å². The first-order valence-corrected chi connectivity index (χ1v) is 6.19. The van der Waals surface area contributed by atoms with E-state index in [-0.39, 0.29) is 11.9 Å². The number of carbonyl (C=O) groups excluding carboxylic acids is 1. The molecule has 0 aliphatic carbocycles. The fraction of sp³-hybridized carbons (Fsp3) is 0.188. The number of ketones is 1. The van der Waals surface area contributed by atoms with Crippen molar-refractivity contribution in [3.8, 4) is 5.75 Å². The van der Waals surface area contributed by atoms with E-state index in [4.69, 9.17) is 9.47 Å². The molecule has 0 N–H and O–H groups in total. The van der Waals surface area contributed by atoms with Crippen LogP contribution >= 0.6 is 0 Å². The van der Waals surface area contributed by atoms with Crippen LogP contribution in [0.4, 0.5) is 0 Å². The maximum absolute atomic E-state index is 12.2. The molecule has 0 saturated carbocycles. The van der Waals surface area contributed by atoms with Crippen LogP contribution in [0.5, 0.6) is 5.75 Å². The van der Waals surface area contributed by atoms with Gasteiger partial charge in [-0.1, -0.05) is 48.5 Å². The van der Waals surface area contributed by atoms with Gasteiger partial charge in [0, 0.05) is 11.1 Å². The maximum Gasteiger partial charge on any atom is 0.194 e. The molecule has 0 spiro atoms. The Kier molecular flexibility index (Phi) is 3.05. The maximum atomic E-state index is 12.2. The minimum atomic E-state index is -0.390. The largest absolute Gasteiger partial charge is 0.496 e. The molecule has 1 aliphatic heterocycles. The van der Waals surface area contributed by atoms with E-state index < -0.39 is 6.10 Å². The monoisotopic (exact) mass is 254 g/mol. The lowest BCUT2D eigenvalue weighted by Crippen LogP contribution is -2.08. The zero-order valence-electron chi connectivity index (χ0n) is 10.6. The van der Waals surface area contributed by atoms with Crippen molar-refractivity contribution in [3.63, 3.8) is 0 Å². The Bertz CT molecular complexity index is 592. The molecule has 3 rings (SSSR count). The molecule has 1 saturated heterocycles. The quantitative estimate of drug-likeness (QED) is 0.622. The molecular formula is C16H14O3. The van der Waals surface area contributed by atoms with Gasteiger partial charge in [0.1, 0.15) is 11.9 Å². The normalized spacial score (nSPS) is 20.9. The first-order chi connectivity index (χ1) is 9.31. The average Bonchev–Trinajstić information content (AvgIpc) is 3.27. The second-order valence-electron chi connectivity index (χ2n) is 4.45. The minimum Gasteiger partial charge on any atom is -0.496 e. The summed E-state index contributed by atoms with van der Waals surface area (Å²) in [6.07, 6.45) is -0.581. The minimum absolute atomic E-state index is 0.0245. The Morgan fingerprint density at radius 1 is 1.05 bits per heavy atom. The molecule has 2 atom stereocenters. The van der Waals surface area contributed by atoms with E-state index in [0.29, 0.717) is 5.56 Å². The fourth-order valence-corrected chi connectivity index (χ4v) is 2.22. The molecule has 1 fully saturated rings. The van der Waals surface area contributed by atoms with Crippen LogP contribution in [0, 0.1) is 0 Å². The van der Waals surface area contributed by atoms with Gasteiger partial charge in [-0.15, -0.1) is 0 Å². The van der Waals surface area contributed by atoms with E-state index >= 15 is 0 Å². The summed E-state index contributed by atoms with van der Waals surface area (Å²) < 4.78 is 10.8. The average molecular weight is 254 g/mol. The van der Waals surface area contributed by atoms with E-state index in [0.717, 1.165) is 11.3 Å². The Morgan fingerprint density at radius 2 is 1.74 bits per heavy atom. The third kappa shape index (κ3) is 2.25. The summed E-state index contributed by atoms with van der Waals surface area (Å²) in [5, 5.41) is 0. The van der Waals surface area contributed by atoms with Gasteiger partial charge >= 0.3 is 0 Å². The van der Waals surface area contributed by atoms with Gasteiger partial charge in [-0.3, -0.25) is 4.79 Å². The number of epoxide rings is 1. The van der Waals surface area contributed by atoms with Crippen molar-refractivity contribution in [2.75, 3.05) is 7.11 Å².